The molecular weight excluding hydrogens is 353 g/mol. The van der Waals surface area contributed by atoms with Crippen LogP contribution in [0.5, 0.6) is 0 Å². The predicted molar refractivity (Wildman–Crippen MR) is 99.3 cm³/mol. The fraction of sp³-hybridized carbons (Fsp3) is 0.667. The molecule has 2 aliphatic heterocycles. The number of amides is 1. The highest BCUT2D eigenvalue weighted by molar-refractivity contribution is 5.79. The molecule has 2 saturated heterocycles. The van der Waals surface area contributed by atoms with Crippen LogP contribution in [0.25, 0.3) is 0 Å². The third kappa shape index (κ3) is 4.84. The minimum Gasteiger partial charge on any atom is -0.338 e. The lowest BCUT2D eigenvalue weighted by Gasteiger charge is -2.48. The number of piperidine rings is 1. The average molecular weight is 382 g/mol. The van der Waals surface area contributed by atoms with E-state index in [4.69, 9.17) is 0 Å². The van der Waals surface area contributed by atoms with Gasteiger partial charge in [-0.05, 0) is 61.9 Å². The number of rotatable bonds is 4. The van der Waals surface area contributed by atoms with E-state index in [0.29, 0.717) is 5.56 Å². The van der Waals surface area contributed by atoms with Crippen LogP contribution in [0.3, 0.4) is 0 Å². The molecule has 27 heavy (non-hydrogen) atoms. The van der Waals surface area contributed by atoms with Crippen molar-refractivity contribution >= 4 is 5.91 Å². The third-order valence-corrected chi connectivity index (χ3v) is 6.09. The van der Waals surface area contributed by atoms with E-state index < -0.39 is 11.7 Å². The molecule has 2 aliphatic rings. The number of carbonyl (C=O) groups excluding carboxylic acids is 1. The van der Waals surface area contributed by atoms with Gasteiger partial charge in [0, 0.05) is 19.1 Å². The molecule has 0 N–H and O–H groups in total. The first-order chi connectivity index (χ1) is 12.7. The van der Waals surface area contributed by atoms with E-state index in [9.17, 15) is 18.0 Å². The standard InChI is InChI=1S/C21H29F3N2O/c1-20(2)10-5-13-26(18(20)15-25-11-3-4-12-25)19(27)14-16-6-8-17(9-7-16)21(22,23)24/h6-9,18H,3-5,10-15H2,1-2H3. The van der Waals surface area contributed by atoms with E-state index in [1.807, 2.05) is 4.90 Å². The molecule has 2 fully saturated rings. The Kier molecular flexibility index (Phi) is 5.84. The van der Waals surface area contributed by atoms with Crippen LogP contribution in [0.1, 0.15) is 50.7 Å². The first-order valence-electron chi connectivity index (χ1n) is 9.85. The number of halogens is 3. The molecule has 0 saturated carbocycles. The van der Waals surface area contributed by atoms with E-state index in [1.54, 1.807) is 0 Å². The largest absolute Gasteiger partial charge is 0.416 e. The van der Waals surface area contributed by atoms with Crippen molar-refractivity contribution in [3.05, 3.63) is 35.4 Å². The third-order valence-electron chi connectivity index (χ3n) is 6.09. The highest BCUT2D eigenvalue weighted by Crippen LogP contribution is 2.36. The first kappa shape index (κ1) is 20.2. The number of hydrogen-bond acceptors (Lipinski definition) is 2. The number of likely N-dealkylation sites (tertiary alicyclic amines) is 2. The van der Waals surface area contributed by atoms with Gasteiger partial charge in [-0.1, -0.05) is 26.0 Å². The van der Waals surface area contributed by atoms with Crippen LogP contribution >= 0.6 is 0 Å². The van der Waals surface area contributed by atoms with Gasteiger partial charge in [0.05, 0.1) is 12.0 Å². The maximum Gasteiger partial charge on any atom is 0.416 e. The lowest BCUT2D eigenvalue weighted by Crippen LogP contribution is -2.57. The van der Waals surface area contributed by atoms with Crippen molar-refractivity contribution in [2.45, 2.75) is 58.2 Å². The number of carbonyl (C=O) groups is 1. The number of alkyl halides is 3. The molecule has 0 aromatic heterocycles. The quantitative estimate of drug-likeness (QED) is 0.772. The second kappa shape index (κ2) is 7.82. The van der Waals surface area contributed by atoms with Crippen LogP contribution in [-0.2, 0) is 17.4 Å². The molecule has 2 heterocycles. The van der Waals surface area contributed by atoms with Gasteiger partial charge in [-0.3, -0.25) is 4.79 Å². The first-order valence-corrected chi connectivity index (χ1v) is 9.85. The van der Waals surface area contributed by atoms with Crippen molar-refractivity contribution in [2.75, 3.05) is 26.2 Å². The molecular formula is C21H29F3N2O. The number of nitrogens with zero attached hydrogens (tertiary/aromatic N) is 2. The van der Waals surface area contributed by atoms with Gasteiger partial charge in [-0.2, -0.15) is 13.2 Å². The topological polar surface area (TPSA) is 23.6 Å². The van der Waals surface area contributed by atoms with E-state index in [2.05, 4.69) is 18.7 Å². The number of hydrogen-bond donors (Lipinski definition) is 0. The minimum absolute atomic E-state index is 0.0201. The van der Waals surface area contributed by atoms with E-state index in [0.717, 1.165) is 51.2 Å². The Morgan fingerprint density at radius 3 is 2.30 bits per heavy atom. The summed E-state index contributed by atoms with van der Waals surface area (Å²) < 4.78 is 38.2. The summed E-state index contributed by atoms with van der Waals surface area (Å²) in [5, 5.41) is 0. The Balaban J connectivity index is 1.70. The molecule has 1 atom stereocenters. The van der Waals surface area contributed by atoms with Gasteiger partial charge in [-0.15, -0.1) is 0 Å². The minimum atomic E-state index is -4.35. The second-order valence-corrected chi connectivity index (χ2v) is 8.57. The Morgan fingerprint density at radius 2 is 1.70 bits per heavy atom. The fourth-order valence-corrected chi connectivity index (χ4v) is 4.39. The molecule has 1 aromatic rings. The summed E-state index contributed by atoms with van der Waals surface area (Å²) in [4.78, 5) is 17.4. The zero-order valence-corrected chi connectivity index (χ0v) is 16.2. The normalized spacial score (nSPS) is 23.6. The Hall–Kier alpha value is -1.56. The van der Waals surface area contributed by atoms with Crippen molar-refractivity contribution in [2.24, 2.45) is 5.41 Å². The monoisotopic (exact) mass is 382 g/mol. The summed E-state index contributed by atoms with van der Waals surface area (Å²) >= 11 is 0. The van der Waals surface area contributed by atoms with Gasteiger partial charge in [0.1, 0.15) is 0 Å². The van der Waals surface area contributed by atoms with Crippen LogP contribution in [-0.4, -0.2) is 47.9 Å². The van der Waals surface area contributed by atoms with Crippen molar-refractivity contribution in [3.8, 4) is 0 Å². The zero-order chi connectivity index (χ0) is 19.7. The summed E-state index contributed by atoms with van der Waals surface area (Å²) in [6.07, 6.45) is 0.308. The molecule has 1 unspecified atom stereocenters. The van der Waals surface area contributed by atoms with Crippen molar-refractivity contribution in [1.29, 1.82) is 0 Å². The lowest BCUT2D eigenvalue weighted by molar-refractivity contribution is -0.139. The molecule has 0 spiro atoms. The Bertz CT molecular complexity index is 648. The Labute approximate surface area is 159 Å². The van der Waals surface area contributed by atoms with Crippen LogP contribution in [0, 0.1) is 5.41 Å². The molecule has 0 radical (unpaired) electrons. The SMILES string of the molecule is CC1(C)CCCN(C(=O)Cc2ccc(C(F)(F)F)cc2)C1CN1CCCC1. The van der Waals surface area contributed by atoms with Gasteiger partial charge in [0.2, 0.25) is 5.91 Å². The predicted octanol–water partition coefficient (Wildman–Crippen LogP) is 4.36. The molecule has 150 valence electrons. The van der Waals surface area contributed by atoms with Gasteiger partial charge < -0.3 is 9.80 Å². The zero-order valence-electron chi connectivity index (χ0n) is 16.2. The summed E-state index contributed by atoms with van der Waals surface area (Å²) in [6, 6.07) is 5.12. The lowest BCUT2D eigenvalue weighted by atomic mass is 9.76. The number of benzene rings is 1. The summed E-state index contributed by atoms with van der Waals surface area (Å²) in [5.41, 5.74) is 0.0115. The molecule has 0 aliphatic carbocycles. The van der Waals surface area contributed by atoms with E-state index in [1.165, 1.54) is 25.0 Å². The Morgan fingerprint density at radius 1 is 1.07 bits per heavy atom. The highest BCUT2D eigenvalue weighted by Gasteiger charge is 2.40. The molecule has 3 nitrogen and oxygen atoms in total. The summed E-state index contributed by atoms with van der Waals surface area (Å²) in [7, 11) is 0. The highest BCUT2D eigenvalue weighted by atomic mass is 19.4. The van der Waals surface area contributed by atoms with E-state index >= 15 is 0 Å². The molecule has 0 bridgehead atoms. The van der Waals surface area contributed by atoms with Crippen LogP contribution in [0.15, 0.2) is 24.3 Å². The summed E-state index contributed by atoms with van der Waals surface area (Å²) in [6.45, 7) is 8.27. The van der Waals surface area contributed by atoms with Gasteiger partial charge in [0.25, 0.3) is 0 Å². The van der Waals surface area contributed by atoms with Gasteiger partial charge in [0.15, 0.2) is 0 Å². The van der Waals surface area contributed by atoms with Crippen LogP contribution in [0.2, 0.25) is 0 Å². The van der Waals surface area contributed by atoms with Crippen LogP contribution in [0.4, 0.5) is 13.2 Å². The summed E-state index contributed by atoms with van der Waals surface area (Å²) in [5.74, 6) is 0.0201. The molecule has 1 amide bonds. The molecule has 1 aromatic carbocycles. The van der Waals surface area contributed by atoms with Crippen molar-refractivity contribution in [3.63, 3.8) is 0 Å². The van der Waals surface area contributed by atoms with Crippen molar-refractivity contribution in [1.82, 2.24) is 9.80 Å². The average Bonchev–Trinajstić information content (AvgIpc) is 3.09. The van der Waals surface area contributed by atoms with Crippen LogP contribution < -0.4 is 0 Å². The molecule has 6 heteroatoms. The van der Waals surface area contributed by atoms with Crippen molar-refractivity contribution < 1.29 is 18.0 Å². The maximum absolute atomic E-state index is 13.0. The second-order valence-electron chi connectivity index (χ2n) is 8.57. The fourth-order valence-electron chi connectivity index (χ4n) is 4.39. The van der Waals surface area contributed by atoms with Gasteiger partial charge in [-0.25, -0.2) is 0 Å². The smallest absolute Gasteiger partial charge is 0.338 e. The van der Waals surface area contributed by atoms with E-state index in [-0.39, 0.29) is 23.8 Å². The molecule has 3 rings (SSSR count). The maximum atomic E-state index is 13.0. The van der Waals surface area contributed by atoms with Gasteiger partial charge >= 0.3 is 6.18 Å².